The SMILES string of the molecule is O[N+]1=C2CCCN=C2C(Cc2ccccc2)C2=C1OCC=C2. The second kappa shape index (κ2) is 5.44. The topological polar surface area (TPSA) is 44.8 Å². The average Bonchev–Trinajstić information content (AvgIpc) is 2.59. The van der Waals surface area contributed by atoms with Gasteiger partial charge in [-0.15, -0.1) is 0 Å². The van der Waals surface area contributed by atoms with Crippen LogP contribution in [0.5, 0.6) is 0 Å². The van der Waals surface area contributed by atoms with E-state index < -0.39 is 0 Å². The van der Waals surface area contributed by atoms with Crippen LogP contribution in [0.4, 0.5) is 0 Å². The Labute approximate surface area is 129 Å². The quantitative estimate of drug-likeness (QED) is 0.673. The number of aliphatic imine (C=N–C) groups is 1. The Hall–Kier alpha value is -2.36. The van der Waals surface area contributed by atoms with Crippen molar-refractivity contribution in [1.29, 1.82) is 0 Å². The van der Waals surface area contributed by atoms with Gasteiger partial charge in [-0.1, -0.05) is 30.3 Å². The van der Waals surface area contributed by atoms with Crippen LogP contribution in [0.25, 0.3) is 0 Å². The number of ether oxygens (including phenoxy) is 1. The molecule has 3 aliphatic rings. The summed E-state index contributed by atoms with van der Waals surface area (Å²) in [5.74, 6) is 0.743. The summed E-state index contributed by atoms with van der Waals surface area (Å²) in [6, 6.07) is 10.4. The van der Waals surface area contributed by atoms with Gasteiger partial charge in [0, 0.05) is 18.9 Å². The third kappa shape index (κ3) is 2.15. The van der Waals surface area contributed by atoms with Crippen molar-refractivity contribution in [2.24, 2.45) is 10.9 Å². The van der Waals surface area contributed by atoms with Crippen LogP contribution < -0.4 is 0 Å². The third-order valence-corrected chi connectivity index (χ3v) is 4.45. The van der Waals surface area contributed by atoms with Crippen LogP contribution in [0.1, 0.15) is 18.4 Å². The lowest BCUT2D eigenvalue weighted by molar-refractivity contribution is -0.756. The predicted octanol–water partition coefficient (Wildman–Crippen LogP) is 2.73. The fourth-order valence-electron chi connectivity index (χ4n) is 3.42. The van der Waals surface area contributed by atoms with Gasteiger partial charge in [0.15, 0.2) is 0 Å². The molecule has 0 bridgehead atoms. The van der Waals surface area contributed by atoms with E-state index in [1.807, 2.05) is 12.1 Å². The molecular weight excluding hydrogens is 276 g/mol. The van der Waals surface area contributed by atoms with Gasteiger partial charge in [0.05, 0.1) is 10.3 Å². The highest BCUT2D eigenvalue weighted by atomic mass is 16.6. The van der Waals surface area contributed by atoms with Crippen molar-refractivity contribution in [3.8, 4) is 0 Å². The average molecular weight is 295 g/mol. The number of hydroxylamine groups is 1. The van der Waals surface area contributed by atoms with Crippen molar-refractivity contribution in [3.63, 3.8) is 0 Å². The molecule has 0 fully saturated rings. The summed E-state index contributed by atoms with van der Waals surface area (Å²) in [4.78, 5) is 4.72. The Morgan fingerprint density at radius 1 is 1.27 bits per heavy atom. The second-order valence-corrected chi connectivity index (χ2v) is 5.85. The molecule has 4 rings (SSSR count). The van der Waals surface area contributed by atoms with Crippen LogP contribution >= 0.6 is 0 Å². The summed E-state index contributed by atoms with van der Waals surface area (Å²) in [6.45, 7) is 1.35. The van der Waals surface area contributed by atoms with E-state index in [1.165, 1.54) is 10.3 Å². The smallest absolute Gasteiger partial charge is 0.421 e. The molecule has 0 aliphatic carbocycles. The first-order chi connectivity index (χ1) is 10.8. The first kappa shape index (κ1) is 13.3. The van der Waals surface area contributed by atoms with Crippen molar-refractivity contribution < 1.29 is 14.7 Å². The van der Waals surface area contributed by atoms with Crippen LogP contribution in [-0.4, -0.2) is 34.5 Å². The van der Waals surface area contributed by atoms with E-state index in [2.05, 4.69) is 30.3 Å². The summed E-state index contributed by atoms with van der Waals surface area (Å²) < 4.78 is 6.92. The van der Waals surface area contributed by atoms with E-state index >= 15 is 0 Å². The number of hydrogen-bond acceptors (Lipinski definition) is 3. The molecule has 0 spiro atoms. The monoisotopic (exact) mass is 295 g/mol. The Morgan fingerprint density at radius 3 is 3.00 bits per heavy atom. The summed E-state index contributed by atoms with van der Waals surface area (Å²) in [6.07, 6.45) is 6.78. The molecule has 1 aromatic carbocycles. The number of benzene rings is 1. The largest absolute Gasteiger partial charge is 0.437 e. The van der Waals surface area contributed by atoms with E-state index in [4.69, 9.17) is 9.73 Å². The molecule has 3 heterocycles. The van der Waals surface area contributed by atoms with Crippen LogP contribution in [0.3, 0.4) is 0 Å². The zero-order chi connectivity index (χ0) is 14.9. The van der Waals surface area contributed by atoms with Crippen molar-refractivity contribution in [3.05, 3.63) is 59.5 Å². The van der Waals surface area contributed by atoms with Gasteiger partial charge >= 0.3 is 5.88 Å². The lowest BCUT2D eigenvalue weighted by atomic mass is 9.81. The maximum atomic E-state index is 10.5. The van der Waals surface area contributed by atoms with Gasteiger partial charge in [-0.05, 0) is 30.6 Å². The molecule has 4 nitrogen and oxygen atoms in total. The fourth-order valence-corrected chi connectivity index (χ4v) is 3.42. The normalized spacial score (nSPS) is 23.6. The molecule has 112 valence electrons. The van der Waals surface area contributed by atoms with Gasteiger partial charge in [0.25, 0.3) is 5.71 Å². The van der Waals surface area contributed by atoms with Crippen LogP contribution in [0, 0.1) is 5.92 Å². The Balaban J connectivity index is 1.80. The van der Waals surface area contributed by atoms with Gasteiger partial charge in [0.1, 0.15) is 12.3 Å². The Kier molecular flexibility index (Phi) is 3.29. The molecule has 4 heteroatoms. The summed E-state index contributed by atoms with van der Waals surface area (Å²) >= 11 is 0. The van der Waals surface area contributed by atoms with Gasteiger partial charge in [-0.3, -0.25) is 10.2 Å². The summed E-state index contributed by atoms with van der Waals surface area (Å²) in [5, 5.41) is 10.5. The van der Waals surface area contributed by atoms with Gasteiger partial charge in [-0.2, -0.15) is 0 Å². The second-order valence-electron chi connectivity index (χ2n) is 5.85. The maximum absolute atomic E-state index is 10.5. The van der Waals surface area contributed by atoms with Gasteiger partial charge in [0.2, 0.25) is 0 Å². The molecule has 0 amide bonds. The Morgan fingerprint density at radius 2 is 2.14 bits per heavy atom. The highest BCUT2D eigenvalue weighted by Gasteiger charge is 2.43. The van der Waals surface area contributed by atoms with Crippen molar-refractivity contribution in [2.75, 3.05) is 13.2 Å². The molecule has 0 saturated carbocycles. The minimum absolute atomic E-state index is 0.160. The first-order valence-corrected chi connectivity index (χ1v) is 7.81. The van der Waals surface area contributed by atoms with Crippen LogP contribution in [0.15, 0.2) is 58.9 Å². The molecule has 3 aliphatic heterocycles. The molecule has 0 aromatic heterocycles. The Bertz CT molecular complexity index is 714. The van der Waals surface area contributed by atoms with E-state index in [1.54, 1.807) is 0 Å². The van der Waals surface area contributed by atoms with E-state index in [0.717, 1.165) is 42.8 Å². The lowest BCUT2D eigenvalue weighted by Crippen LogP contribution is -2.41. The highest BCUT2D eigenvalue weighted by molar-refractivity contribution is 6.42. The van der Waals surface area contributed by atoms with E-state index in [0.29, 0.717) is 12.5 Å². The fraction of sp³-hybridized carbons (Fsp3) is 0.333. The number of rotatable bonds is 2. The molecule has 1 N–H and O–H groups in total. The number of nitrogens with zero attached hydrogens (tertiary/aromatic N) is 2. The predicted molar refractivity (Wildman–Crippen MR) is 84.3 cm³/mol. The molecule has 0 saturated heterocycles. The minimum atomic E-state index is 0.160. The molecule has 1 aromatic rings. The molecule has 0 radical (unpaired) electrons. The van der Waals surface area contributed by atoms with Crippen molar-refractivity contribution in [1.82, 2.24) is 0 Å². The number of fused-ring (bicyclic) bond motifs is 1. The van der Waals surface area contributed by atoms with Crippen molar-refractivity contribution in [2.45, 2.75) is 19.3 Å². The third-order valence-electron chi connectivity index (χ3n) is 4.45. The zero-order valence-electron chi connectivity index (χ0n) is 12.4. The van der Waals surface area contributed by atoms with Gasteiger partial charge in [-0.25, -0.2) is 0 Å². The molecule has 1 atom stereocenters. The minimum Gasteiger partial charge on any atom is -0.437 e. The maximum Gasteiger partial charge on any atom is 0.421 e. The molecule has 1 unspecified atom stereocenters. The summed E-state index contributed by atoms with van der Waals surface area (Å²) in [7, 11) is 0. The molecule has 22 heavy (non-hydrogen) atoms. The molecular formula is C18H19N2O2+. The van der Waals surface area contributed by atoms with Gasteiger partial charge < -0.3 is 4.74 Å². The van der Waals surface area contributed by atoms with Crippen LogP contribution in [-0.2, 0) is 11.2 Å². The van der Waals surface area contributed by atoms with E-state index in [-0.39, 0.29) is 5.92 Å². The number of hydrogen-bond donors (Lipinski definition) is 1. The first-order valence-electron chi connectivity index (χ1n) is 7.81. The van der Waals surface area contributed by atoms with E-state index in [9.17, 15) is 5.21 Å². The standard InChI is InChI=1S/C18H19N2O2/c21-20-16-9-4-10-19-17(16)15(12-13-6-2-1-3-7-13)14-8-5-11-22-18(14)20/h1-3,5-8,15,21H,4,9-12H2/q+1. The summed E-state index contributed by atoms with van der Waals surface area (Å²) in [5.41, 5.74) is 4.23. The number of allylic oxidation sites excluding steroid dienone is 2. The van der Waals surface area contributed by atoms with Crippen molar-refractivity contribution >= 4 is 11.4 Å². The highest BCUT2D eigenvalue weighted by Crippen LogP contribution is 2.32. The lowest BCUT2D eigenvalue weighted by Gasteiger charge is -2.27. The van der Waals surface area contributed by atoms with Crippen LogP contribution in [0.2, 0.25) is 0 Å². The zero-order valence-corrected chi connectivity index (χ0v) is 12.4.